The van der Waals surface area contributed by atoms with E-state index in [2.05, 4.69) is 12.2 Å². The Morgan fingerprint density at radius 3 is 2.83 bits per heavy atom. The lowest BCUT2D eigenvalue weighted by Crippen LogP contribution is -2.26. The number of carbonyl (C=O) groups is 1. The van der Waals surface area contributed by atoms with Crippen LogP contribution in [0.1, 0.15) is 12.8 Å². The topological polar surface area (TPSA) is 44.8 Å². The molecule has 100 valence electrons. The molecule has 18 heavy (non-hydrogen) atoms. The number of esters is 1. The summed E-state index contributed by atoms with van der Waals surface area (Å²) >= 11 is 0. The lowest BCUT2D eigenvalue weighted by molar-refractivity contribution is -0.144. The van der Waals surface area contributed by atoms with Gasteiger partial charge in [-0.1, -0.05) is 24.3 Å². The summed E-state index contributed by atoms with van der Waals surface area (Å²) in [5.74, 6) is 0.183. The van der Waals surface area contributed by atoms with Crippen molar-refractivity contribution in [2.24, 2.45) is 17.3 Å². The van der Waals surface area contributed by atoms with Gasteiger partial charge in [0.2, 0.25) is 0 Å². The molecule has 3 atom stereocenters. The van der Waals surface area contributed by atoms with Gasteiger partial charge in [-0.2, -0.15) is 0 Å². The summed E-state index contributed by atoms with van der Waals surface area (Å²) in [4.78, 5) is 11.7. The average Bonchev–Trinajstić information content (AvgIpc) is 3.15. The fraction of sp³-hybridized carbons (Fsp3) is 0.643. The first-order valence-electron chi connectivity index (χ1n) is 6.22. The molecule has 0 aromatic heterocycles. The van der Waals surface area contributed by atoms with Crippen LogP contribution in [0.5, 0.6) is 0 Å². The van der Waals surface area contributed by atoms with Gasteiger partial charge in [0.25, 0.3) is 0 Å². The minimum atomic E-state index is -0.126. The molecule has 1 saturated carbocycles. The minimum Gasteiger partial charge on any atom is -0.469 e. The van der Waals surface area contributed by atoms with Gasteiger partial charge in [-0.15, -0.1) is 0 Å². The van der Waals surface area contributed by atoms with Gasteiger partial charge in [0, 0.05) is 12.5 Å². The summed E-state index contributed by atoms with van der Waals surface area (Å²) in [6.45, 7) is 0.811. The van der Waals surface area contributed by atoms with Gasteiger partial charge < -0.3 is 14.2 Å². The van der Waals surface area contributed by atoms with Crippen molar-refractivity contribution in [3.05, 3.63) is 24.3 Å². The number of allylic oxidation sites excluding steroid dienone is 4. The molecule has 0 spiro atoms. The zero-order valence-corrected chi connectivity index (χ0v) is 10.9. The van der Waals surface area contributed by atoms with Crippen LogP contribution in [0.25, 0.3) is 0 Å². The van der Waals surface area contributed by atoms with E-state index in [1.165, 1.54) is 7.11 Å². The van der Waals surface area contributed by atoms with Gasteiger partial charge in [0.15, 0.2) is 0 Å². The number of rotatable bonds is 6. The normalized spacial score (nSPS) is 33.4. The molecule has 0 heterocycles. The van der Waals surface area contributed by atoms with E-state index in [1.807, 2.05) is 12.2 Å². The SMILES string of the molecule is COCOC[C@@]1(C2C=CC=CC2)C[C@H]1C(=O)OC. The molecule has 2 rings (SSSR count). The predicted molar refractivity (Wildman–Crippen MR) is 66.8 cm³/mol. The van der Waals surface area contributed by atoms with Crippen molar-refractivity contribution in [1.29, 1.82) is 0 Å². The Morgan fingerprint density at radius 1 is 1.39 bits per heavy atom. The van der Waals surface area contributed by atoms with Crippen molar-refractivity contribution in [3.8, 4) is 0 Å². The largest absolute Gasteiger partial charge is 0.469 e. The predicted octanol–water partition coefficient (Wildman–Crippen LogP) is 1.92. The fourth-order valence-corrected chi connectivity index (χ4v) is 2.78. The van der Waals surface area contributed by atoms with Gasteiger partial charge in [-0.25, -0.2) is 0 Å². The Kier molecular flexibility index (Phi) is 4.19. The summed E-state index contributed by atoms with van der Waals surface area (Å²) < 4.78 is 15.3. The van der Waals surface area contributed by atoms with Crippen LogP contribution in [-0.4, -0.2) is 33.6 Å². The Labute approximate surface area is 108 Å². The summed E-state index contributed by atoms with van der Waals surface area (Å²) in [5.41, 5.74) is -0.104. The van der Waals surface area contributed by atoms with Gasteiger partial charge in [0.05, 0.1) is 19.6 Å². The quantitative estimate of drug-likeness (QED) is 0.411. The van der Waals surface area contributed by atoms with Crippen molar-refractivity contribution < 1.29 is 19.0 Å². The lowest BCUT2D eigenvalue weighted by atomic mass is 9.82. The standard InChI is InChI=1S/C14H20O4/c1-16-10-18-9-14(8-12(14)13(15)17-2)11-6-4-3-5-7-11/h3-6,11-12H,7-10H2,1-2H3/t11?,12-,14+/m0/s1. The molecule has 0 radical (unpaired) electrons. The van der Waals surface area contributed by atoms with E-state index in [1.54, 1.807) is 7.11 Å². The number of methoxy groups -OCH3 is 2. The second-order valence-electron chi connectivity index (χ2n) is 4.92. The Hall–Kier alpha value is -1.13. The number of ether oxygens (including phenoxy) is 3. The zero-order chi connectivity index (χ0) is 13.0. The maximum atomic E-state index is 11.7. The van der Waals surface area contributed by atoms with Crippen molar-refractivity contribution in [1.82, 2.24) is 0 Å². The molecule has 0 aliphatic heterocycles. The number of carbonyl (C=O) groups excluding carboxylic acids is 1. The molecule has 1 fully saturated rings. The maximum Gasteiger partial charge on any atom is 0.309 e. The second-order valence-corrected chi connectivity index (χ2v) is 4.92. The monoisotopic (exact) mass is 252 g/mol. The third-order valence-electron chi connectivity index (χ3n) is 3.89. The van der Waals surface area contributed by atoms with Crippen LogP contribution in [0, 0.1) is 17.3 Å². The second kappa shape index (κ2) is 5.67. The van der Waals surface area contributed by atoms with E-state index in [9.17, 15) is 4.79 Å². The number of hydrogen-bond donors (Lipinski definition) is 0. The van der Waals surface area contributed by atoms with Crippen molar-refractivity contribution >= 4 is 5.97 Å². The molecule has 1 unspecified atom stereocenters. The summed E-state index contributed by atoms with van der Waals surface area (Å²) in [6, 6.07) is 0. The summed E-state index contributed by atoms with van der Waals surface area (Å²) in [6.07, 6.45) is 10.2. The molecular weight excluding hydrogens is 232 g/mol. The Morgan fingerprint density at radius 2 is 2.22 bits per heavy atom. The third-order valence-corrected chi connectivity index (χ3v) is 3.89. The Balaban J connectivity index is 2.02. The first-order valence-corrected chi connectivity index (χ1v) is 6.22. The third kappa shape index (κ3) is 2.49. The maximum absolute atomic E-state index is 11.7. The highest BCUT2D eigenvalue weighted by Gasteiger charge is 2.62. The molecule has 0 aromatic carbocycles. The smallest absolute Gasteiger partial charge is 0.309 e. The average molecular weight is 252 g/mol. The van der Waals surface area contributed by atoms with Crippen LogP contribution in [-0.2, 0) is 19.0 Å². The van der Waals surface area contributed by atoms with E-state index in [-0.39, 0.29) is 24.1 Å². The minimum absolute atomic E-state index is 0.0412. The van der Waals surface area contributed by atoms with Crippen molar-refractivity contribution in [2.75, 3.05) is 27.6 Å². The van der Waals surface area contributed by atoms with Crippen LogP contribution in [0.3, 0.4) is 0 Å². The van der Waals surface area contributed by atoms with Gasteiger partial charge in [-0.05, 0) is 18.8 Å². The van der Waals surface area contributed by atoms with Gasteiger partial charge in [-0.3, -0.25) is 4.79 Å². The molecular formula is C14H20O4. The highest BCUT2D eigenvalue weighted by molar-refractivity contribution is 5.77. The zero-order valence-electron chi connectivity index (χ0n) is 10.9. The van der Waals surface area contributed by atoms with Crippen LogP contribution in [0.15, 0.2) is 24.3 Å². The van der Waals surface area contributed by atoms with E-state index in [0.29, 0.717) is 12.5 Å². The summed E-state index contributed by atoms with van der Waals surface area (Å²) in [7, 11) is 3.04. The van der Waals surface area contributed by atoms with Crippen LogP contribution < -0.4 is 0 Å². The van der Waals surface area contributed by atoms with Gasteiger partial charge >= 0.3 is 5.97 Å². The molecule has 0 N–H and O–H groups in total. The number of hydrogen-bond acceptors (Lipinski definition) is 4. The highest BCUT2D eigenvalue weighted by atomic mass is 16.7. The van der Waals surface area contributed by atoms with Crippen LogP contribution >= 0.6 is 0 Å². The lowest BCUT2D eigenvalue weighted by Gasteiger charge is -2.25. The highest BCUT2D eigenvalue weighted by Crippen LogP contribution is 2.60. The molecule has 0 aromatic rings. The van der Waals surface area contributed by atoms with E-state index in [0.717, 1.165) is 12.8 Å². The van der Waals surface area contributed by atoms with E-state index in [4.69, 9.17) is 14.2 Å². The van der Waals surface area contributed by atoms with Crippen LogP contribution in [0.4, 0.5) is 0 Å². The molecule has 0 saturated heterocycles. The molecule has 0 amide bonds. The molecule has 2 aliphatic carbocycles. The molecule has 2 aliphatic rings. The van der Waals surface area contributed by atoms with E-state index >= 15 is 0 Å². The Bertz CT molecular complexity index is 361. The van der Waals surface area contributed by atoms with Crippen molar-refractivity contribution in [3.63, 3.8) is 0 Å². The molecule has 4 nitrogen and oxygen atoms in total. The fourth-order valence-electron chi connectivity index (χ4n) is 2.78. The van der Waals surface area contributed by atoms with Crippen LogP contribution in [0.2, 0.25) is 0 Å². The summed E-state index contributed by atoms with van der Waals surface area (Å²) in [5, 5.41) is 0. The van der Waals surface area contributed by atoms with E-state index < -0.39 is 0 Å². The van der Waals surface area contributed by atoms with Crippen molar-refractivity contribution in [2.45, 2.75) is 12.8 Å². The molecule has 0 bridgehead atoms. The van der Waals surface area contributed by atoms with Gasteiger partial charge in [0.1, 0.15) is 6.79 Å². The first kappa shape index (κ1) is 13.3. The molecule has 4 heteroatoms. The first-order chi connectivity index (χ1) is 8.74.